The third-order valence-electron chi connectivity index (χ3n) is 4.60. The molecular formula is C20H28N4O2S2. The molecule has 8 heteroatoms. The van der Waals surface area contributed by atoms with Crippen molar-refractivity contribution in [3.63, 3.8) is 0 Å². The predicted octanol–water partition coefficient (Wildman–Crippen LogP) is 2.58. The van der Waals surface area contributed by atoms with Crippen LogP contribution in [0.4, 0.5) is 5.00 Å². The second-order valence-electron chi connectivity index (χ2n) is 6.98. The van der Waals surface area contributed by atoms with Gasteiger partial charge in [0.2, 0.25) is 0 Å². The van der Waals surface area contributed by atoms with Gasteiger partial charge in [-0.3, -0.25) is 0 Å². The monoisotopic (exact) mass is 420 g/mol. The smallest absolute Gasteiger partial charge is 0.194 e. The summed E-state index contributed by atoms with van der Waals surface area (Å²) in [6, 6.07) is 11.9. The zero-order valence-corrected chi connectivity index (χ0v) is 18.1. The molecule has 6 nitrogen and oxygen atoms in total. The average Bonchev–Trinajstić information content (AvgIpc) is 3.20. The van der Waals surface area contributed by atoms with Crippen molar-refractivity contribution in [1.29, 1.82) is 0 Å². The van der Waals surface area contributed by atoms with Crippen molar-refractivity contribution < 1.29 is 8.42 Å². The van der Waals surface area contributed by atoms with Crippen molar-refractivity contribution in [2.24, 2.45) is 4.99 Å². The van der Waals surface area contributed by atoms with Gasteiger partial charge in [-0.1, -0.05) is 24.3 Å². The van der Waals surface area contributed by atoms with E-state index in [9.17, 15) is 8.42 Å². The second kappa shape index (κ2) is 9.43. The van der Waals surface area contributed by atoms with Crippen molar-refractivity contribution in [1.82, 2.24) is 10.2 Å². The Bertz CT molecular complexity index is 869. The van der Waals surface area contributed by atoms with Crippen molar-refractivity contribution in [3.05, 3.63) is 52.9 Å². The highest BCUT2D eigenvalue weighted by molar-refractivity contribution is 7.89. The van der Waals surface area contributed by atoms with E-state index in [2.05, 4.69) is 39.6 Å². The normalized spacial score (nSPS) is 15.7. The summed E-state index contributed by atoms with van der Waals surface area (Å²) in [5.41, 5.74) is 1.89. The zero-order chi connectivity index (χ0) is 20.0. The third-order valence-corrected chi connectivity index (χ3v) is 6.38. The number of anilines is 1. The number of guanidine groups is 1. The minimum Gasteiger partial charge on any atom is -0.360 e. The summed E-state index contributed by atoms with van der Waals surface area (Å²) in [5.74, 6) is 1.02. The van der Waals surface area contributed by atoms with Crippen LogP contribution < -0.4 is 10.2 Å². The SMILES string of the molecule is CCNC(=NCc1ccc(CS(C)(=O)=O)cc1)N1CCN(c2cccs2)CC1. The maximum atomic E-state index is 11.4. The number of hydrogen-bond acceptors (Lipinski definition) is 5. The quantitative estimate of drug-likeness (QED) is 0.575. The van der Waals surface area contributed by atoms with E-state index >= 15 is 0 Å². The van der Waals surface area contributed by atoms with Crippen molar-refractivity contribution in [2.75, 3.05) is 43.9 Å². The molecule has 0 unspecified atom stereocenters. The number of thiophene rings is 1. The van der Waals surface area contributed by atoms with E-state index < -0.39 is 9.84 Å². The fourth-order valence-electron chi connectivity index (χ4n) is 3.22. The highest BCUT2D eigenvalue weighted by atomic mass is 32.2. The molecule has 1 aromatic carbocycles. The number of hydrogen-bond donors (Lipinski definition) is 1. The van der Waals surface area contributed by atoms with Gasteiger partial charge in [-0.25, -0.2) is 13.4 Å². The van der Waals surface area contributed by atoms with Crippen LogP contribution in [0.25, 0.3) is 0 Å². The van der Waals surface area contributed by atoms with Crippen LogP contribution >= 0.6 is 11.3 Å². The van der Waals surface area contributed by atoms with E-state index in [0.717, 1.165) is 49.8 Å². The molecular weight excluding hydrogens is 392 g/mol. The number of rotatable bonds is 6. The fourth-order valence-corrected chi connectivity index (χ4v) is 4.81. The van der Waals surface area contributed by atoms with Crippen LogP contribution in [-0.2, 0) is 22.1 Å². The molecule has 1 aliphatic rings. The number of sulfone groups is 1. The van der Waals surface area contributed by atoms with Crippen LogP contribution in [0.1, 0.15) is 18.1 Å². The lowest BCUT2D eigenvalue weighted by atomic mass is 10.1. The molecule has 3 rings (SSSR count). The van der Waals surface area contributed by atoms with Gasteiger partial charge in [0.05, 0.1) is 17.3 Å². The van der Waals surface area contributed by atoms with Gasteiger partial charge < -0.3 is 15.1 Å². The highest BCUT2D eigenvalue weighted by Gasteiger charge is 2.20. The molecule has 0 bridgehead atoms. The van der Waals surface area contributed by atoms with Gasteiger partial charge in [-0.2, -0.15) is 0 Å². The van der Waals surface area contributed by atoms with Crippen molar-refractivity contribution in [3.8, 4) is 0 Å². The van der Waals surface area contributed by atoms with Gasteiger partial charge >= 0.3 is 0 Å². The van der Waals surface area contributed by atoms with Gasteiger partial charge in [-0.15, -0.1) is 11.3 Å². The van der Waals surface area contributed by atoms with Crippen LogP contribution in [0.5, 0.6) is 0 Å². The van der Waals surface area contributed by atoms with Crippen LogP contribution in [0.3, 0.4) is 0 Å². The molecule has 1 aliphatic heterocycles. The summed E-state index contributed by atoms with van der Waals surface area (Å²) in [6.07, 6.45) is 1.26. The minimum absolute atomic E-state index is 0.0771. The van der Waals surface area contributed by atoms with E-state index in [-0.39, 0.29) is 5.75 Å². The first-order valence-electron chi connectivity index (χ1n) is 9.52. The van der Waals surface area contributed by atoms with Gasteiger partial charge in [-0.05, 0) is 35.6 Å². The Morgan fingerprint density at radius 1 is 1.11 bits per heavy atom. The topological polar surface area (TPSA) is 65.0 Å². The maximum Gasteiger partial charge on any atom is 0.194 e. The van der Waals surface area contributed by atoms with Crippen molar-refractivity contribution >= 4 is 32.1 Å². The van der Waals surface area contributed by atoms with E-state index in [1.807, 2.05) is 24.3 Å². The molecule has 0 radical (unpaired) electrons. The summed E-state index contributed by atoms with van der Waals surface area (Å²) in [5, 5.41) is 6.84. The molecule has 2 heterocycles. The summed E-state index contributed by atoms with van der Waals surface area (Å²) in [7, 11) is -3.01. The lowest BCUT2D eigenvalue weighted by Crippen LogP contribution is -2.52. The summed E-state index contributed by atoms with van der Waals surface area (Å²) < 4.78 is 22.8. The Hall–Kier alpha value is -2.06. The molecule has 2 aromatic rings. The standard InChI is InChI=1S/C20H28N4O2S2/c1-3-21-20(24-12-10-23(11-13-24)19-5-4-14-27-19)22-15-17-6-8-18(9-7-17)16-28(2,25)26/h4-9,14H,3,10-13,15-16H2,1-2H3,(H,21,22). The van der Waals surface area contributed by atoms with Gasteiger partial charge in [0.1, 0.15) is 0 Å². The van der Waals surface area contributed by atoms with Crippen LogP contribution in [0.15, 0.2) is 46.8 Å². The molecule has 28 heavy (non-hydrogen) atoms. The lowest BCUT2D eigenvalue weighted by Gasteiger charge is -2.37. The van der Waals surface area contributed by atoms with E-state index in [4.69, 9.17) is 4.99 Å². The Morgan fingerprint density at radius 3 is 2.36 bits per heavy atom. The Balaban J connectivity index is 1.60. The number of benzene rings is 1. The molecule has 0 atom stereocenters. The second-order valence-corrected chi connectivity index (χ2v) is 10.0. The summed E-state index contributed by atoms with van der Waals surface area (Å²) in [4.78, 5) is 9.53. The molecule has 1 fully saturated rings. The Morgan fingerprint density at radius 2 is 1.79 bits per heavy atom. The predicted molar refractivity (Wildman–Crippen MR) is 118 cm³/mol. The molecule has 0 saturated carbocycles. The first kappa shape index (κ1) is 20.7. The fraction of sp³-hybridized carbons (Fsp3) is 0.450. The summed E-state index contributed by atoms with van der Waals surface area (Å²) >= 11 is 1.79. The number of nitrogens with one attached hydrogen (secondary N) is 1. The van der Waals surface area contributed by atoms with Gasteiger partial charge in [0.15, 0.2) is 15.8 Å². The molecule has 0 aliphatic carbocycles. The van der Waals surface area contributed by atoms with Gasteiger partial charge in [0.25, 0.3) is 0 Å². The Labute approximate surface area is 171 Å². The average molecular weight is 421 g/mol. The largest absolute Gasteiger partial charge is 0.360 e. The molecule has 0 spiro atoms. The highest BCUT2D eigenvalue weighted by Crippen LogP contribution is 2.22. The van der Waals surface area contributed by atoms with Gasteiger partial charge in [0, 0.05) is 39.0 Å². The first-order chi connectivity index (χ1) is 13.4. The molecule has 1 saturated heterocycles. The maximum absolute atomic E-state index is 11.4. The first-order valence-corrected chi connectivity index (χ1v) is 12.5. The van der Waals surface area contributed by atoms with Crippen molar-refractivity contribution in [2.45, 2.75) is 19.2 Å². The molecule has 152 valence electrons. The Kier molecular flexibility index (Phi) is 6.96. The molecule has 1 aromatic heterocycles. The minimum atomic E-state index is -3.01. The number of nitrogens with zero attached hydrogens (tertiary/aromatic N) is 3. The number of aliphatic imine (C=N–C) groups is 1. The summed E-state index contributed by atoms with van der Waals surface area (Å²) in [6.45, 7) is 7.35. The third kappa shape index (κ3) is 5.97. The van der Waals surface area contributed by atoms with Crippen LogP contribution in [0.2, 0.25) is 0 Å². The molecule has 1 N–H and O–H groups in total. The molecule has 0 amide bonds. The van der Waals surface area contributed by atoms with Crippen LogP contribution in [-0.4, -0.2) is 58.3 Å². The van der Waals surface area contributed by atoms with Crippen LogP contribution in [0, 0.1) is 0 Å². The number of piperazine rings is 1. The van der Waals surface area contributed by atoms with E-state index in [0.29, 0.717) is 6.54 Å². The van der Waals surface area contributed by atoms with E-state index in [1.165, 1.54) is 11.3 Å². The lowest BCUT2D eigenvalue weighted by molar-refractivity contribution is 0.373. The zero-order valence-electron chi connectivity index (χ0n) is 16.5. The van der Waals surface area contributed by atoms with E-state index in [1.54, 1.807) is 11.3 Å².